The zero-order chi connectivity index (χ0) is 16.5. The lowest BCUT2D eigenvalue weighted by molar-refractivity contribution is -0.124. The van der Waals surface area contributed by atoms with Gasteiger partial charge >= 0.3 is 0 Å². The predicted octanol–water partition coefficient (Wildman–Crippen LogP) is 3.20. The van der Waals surface area contributed by atoms with Crippen molar-refractivity contribution in [2.75, 3.05) is 13.2 Å². The second-order valence-electron chi connectivity index (χ2n) is 5.91. The molecule has 0 heterocycles. The maximum absolute atomic E-state index is 12.0. The normalized spacial score (nSPS) is 16.2. The minimum atomic E-state index is -0.712. The minimum absolute atomic E-state index is 0.0847. The van der Waals surface area contributed by atoms with Gasteiger partial charge < -0.3 is 14.8 Å². The van der Waals surface area contributed by atoms with Gasteiger partial charge in [0.2, 0.25) is 0 Å². The highest BCUT2D eigenvalue weighted by Crippen LogP contribution is 2.27. The van der Waals surface area contributed by atoms with Crippen LogP contribution in [-0.4, -0.2) is 24.7 Å². The first-order valence-corrected chi connectivity index (χ1v) is 8.25. The Hall–Kier alpha value is -2.22. The van der Waals surface area contributed by atoms with Crippen LogP contribution in [0.3, 0.4) is 0 Å². The average Bonchev–Trinajstić information content (AvgIpc) is 2.60. The van der Waals surface area contributed by atoms with Crippen LogP contribution in [0.15, 0.2) is 24.3 Å². The molecular weight excluding hydrogens is 292 g/mol. The van der Waals surface area contributed by atoms with Gasteiger partial charge in [0.1, 0.15) is 17.0 Å². The Labute approximate surface area is 137 Å². The van der Waals surface area contributed by atoms with Gasteiger partial charge in [-0.1, -0.05) is 26.2 Å². The van der Waals surface area contributed by atoms with Crippen LogP contribution in [0.4, 0.5) is 0 Å². The van der Waals surface area contributed by atoms with Gasteiger partial charge in [0.15, 0.2) is 6.61 Å². The summed E-state index contributed by atoms with van der Waals surface area (Å²) < 4.78 is 11.0. The second kappa shape index (κ2) is 8.42. The second-order valence-corrected chi connectivity index (χ2v) is 5.91. The summed E-state index contributed by atoms with van der Waals surface area (Å²) in [6, 6.07) is 9.46. The summed E-state index contributed by atoms with van der Waals surface area (Å²) in [5, 5.41) is 12.2. The third-order valence-corrected chi connectivity index (χ3v) is 3.97. The molecule has 1 N–H and O–H groups in total. The fourth-order valence-electron chi connectivity index (χ4n) is 2.72. The number of ether oxygens (including phenoxy) is 2. The first-order chi connectivity index (χ1) is 11.2. The van der Waals surface area contributed by atoms with Crippen molar-refractivity contribution >= 4 is 5.91 Å². The largest absolute Gasteiger partial charge is 0.494 e. The minimum Gasteiger partial charge on any atom is -0.494 e. The zero-order valence-electron chi connectivity index (χ0n) is 13.6. The number of nitriles is 1. The summed E-state index contributed by atoms with van der Waals surface area (Å²) >= 11 is 0. The topological polar surface area (TPSA) is 71.3 Å². The van der Waals surface area contributed by atoms with Gasteiger partial charge in [-0.2, -0.15) is 5.26 Å². The van der Waals surface area contributed by atoms with Crippen LogP contribution in [-0.2, 0) is 4.79 Å². The Morgan fingerprint density at radius 2 is 1.78 bits per heavy atom. The first kappa shape index (κ1) is 17.1. The van der Waals surface area contributed by atoms with E-state index in [1.54, 1.807) is 12.1 Å². The molecule has 0 spiro atoms. The fraction of sp³-hybridized carbons (Fsp3) is 0.556. The quantitative estimate of drug-likeness (QED) is 0.838. The van der Waals surface area contributed by atoms with E-state index in [-0.39, 0.29) is 12.5 Å². The molecule has 0 bridgehead atoms. The lowest BCUT2D eigenvalue weighted by atomic mass is 9.83. The van der Waals surface area contributed by atoms with Gasteiger partial charge in [-0.05, 0) is 43.5 Å². The van der Waals surface area contributed by atoms with Crippen LogP contribution < -0.4 is 14.8 Å². The van der Waals surface area contributed by atoms with Crippen LogP contribution in [0.1, 0.15) is 45.4 Å². The van der Waals surface area contributed by atoms with E-state index in [0.717, 1.165) is 44.3 Å². The number of rotatable bonds is 7. The molecular formula is C18H24N2O3. The SMILES string of the molecule is CCCOc1ccc(OCC(=O)NC2(C#N)CCCCC2)cc1. The number of nitrogens with one attached hydrogen (secondary N) is 1. The number of benzene rings is 1. The number of carbonyl (C=O) groups excluding carboxylic acids is 1. The number of hydrogen-bond donors (Lipinski definition) is 1. The van der Waals surface area contributed by atoms with E-state index < -0.39 is 5.54 Å². The van der Waals surface area contributed by atoms with Gasteiger partial charge in [-0.25, -0.2) is 0 Å². The standard InChI is InChI=1S/C18H24N2O3/c1-2-12-22-15-6-8-16(9-7-15)23-13-17(21)20-18(14-19)10-4-3-5-11-18/h6-9H,2-5,10-13H2,1H3,(H,20,21). The first-order valence-electron chi connectivity index (χ1n) is 8.25. The van der Waals surface area contributed by atoms with Crippen molar-refractivity contribution in [2.24, 2.45) is 0 Å². The monoisotopic (exact) mass is 316 g/mol. The van der Waals surface area contributed by atoms with E-state index in [9.17, 15) is 10.1 Å². The summed E-state index contributed by atoms with van der Waals surface area (Å²) in [4.78, 5) is 12.0. The highest BCUT2D eigenvalue weighted by molar-refractivity contribution is 5.78. The van der Waals surface area contributed by atoms with E-state index >= 15 is 0 Å². The molecule has 1 fully saturated rings. The molecule has 1 aromatic carbocycles. The molecule has 124 valence electrons. The molecule has 23 heavy (non-hydrogen) atoms. The lowest BCUT2D eigenvalue weighted by Gasteiger charge is -2.31. The maximum Gasteiger partial charge on any atom is 0.259 e. The number of carbonyl (C=O) groups is 1. The average molecular weight is 316 g/mol. The number of nitrogens with zero attached hydrogens (tertiary/aromatic N) is 1. The van der Waals surface area contributed by atoms with Crippen LogP contribution in [0.2, 0.25) is 0 Å². The van der Waals surface area contributed by atoms with Crippen LogP contribution >= 0.6 is 0 Å². The van der Waals surface area contributed by atoms with E-state index in [2.05, 4.69) is 18.3 Å². The van der Waals surface area contributed by atoms with Crippen molar-refractivity contribution in [2.45, 2.75) is 51.0 Å². The lowest BCUT2D eigenvalue weighted by Crippen LogP contribution is -2.50. The molecule has 0 unspecified atom stereocenters. The summed E-state index contributed by atoms with van der Waals surface area (Å²) in [6.07, 6.45) is 5.49. The Morgan fingerprint density at radius 1 is 1.17 bits per heavy atom. The van der Waals surface area contributed by atoms with E-state index in [1.807, 2.05) is 12.1 Å². The van der Waals surface area contributed by atoms with Crippen LogP contribution in [0, 0.1) is 11.3 Å². The fourth-order valence-corrected chi connectivity index (χ4v) is 2.72. The molecule has 2 rings (SSSR count). The highest BCUT2D eigenvalue weighted by Gasteiger charge is 2.33. The van der Waals surface area contributed by atoms with E-state index in [0.29, 0.717) is 12.4 Å². The molecule has 1 aliphatic carbocycles. The molecule has 1 aromatic rings. The molecule has 0 atom stereocenters. The molecule has 0 aromatic heterocycles. The number of amides is 1. The van der Waals surface area contributed by atoms with Crippen molar-refractivity contribution in [1.82, 2.24) is 5.32 Å². The molecule has 5 nitrogen and oxygen atoms in total. The predicted molar refractivity (Wildman–Crippen MR) is 87.3 cm³/mol. The van der Waals surface area contributed by atoms with Crippen molar-refractivity contribution in [1.29, 1.82) is 5.26 Å². The van der Waals surface area contributed by atoms with E-state index in [1.165, 1.54) is 0 Å². The molecule has 0 saturated heterocycles. The Bertz CT molecular complexity index is 542. The van der Waals surface area contributed by atoms with E-state index in [4.69, 9.17) is 9.47 Å². The van der Waals surface area contributed by atoms with Gasteiger partial charge in [-0.15, -0.1) is 0 Å². The third-order valence-electron chi connectivity index (χ3n) is 3.97. The Kier molecular flexibility index (Phi) is 6.28. The van der Waals surface area contributed by atoms with Crippen LogP contribution in [0.25, 0.3) is 0 Å². The van der Waals surface area contributed by atoms with Crippen molar-refractivity contribution in [3.05, 3.63) is 24.3 Å². The molecule has 1 amide bonds. The number of hydrogen-bond acceptors (Lipinski definition) is 4. The molecule has 1 saturated carbocycles. The summed E-state index contributed by atoms with van der Waals surface area (Å²) in [7, 11) is 0. The summed E-state index contributed by atoms with van der Waals surface area (Å²) in [6.45, 7) is 2.65. The van der Waals surface area contributed by atoms with Gasteiger partial charge in [-0.3, -0.25) is 4.79 Å². The maximum atomic E-state index is 12.0. The Balaban J connectivity index is 1.80. The molecule has 0 radical (unpaired) electrons. The Morgan fingerprint density at radius 3 is 2.35 bits per heavy atom. The smallest absolute Gasteiger partial charge is 0.259 e. The molecule has 0 aliphatic heterocycles. The van der Waals surface area contributed by atoms with Gasteiger partial charge in [0.25, 0.3) is 5.91 Å². The third kappa shape index (κ3) is 5.17. The highest BCUT2D eigenvalue weighted by atomic mass is 16.5. The van der Waals surface area contributed by atoms with Crippen molar-refractivity contribution in [3.8, 4) is 17.6 Å². The van der Waals surface area contributed by atoms with Crippen molar-refractivity contribution in [3.63, 3.8) is 0 Å². The molecule has 1 aliphatic rings. The molecule has 5 heteroatoms. The zero-order valence-corrected chi connectivity index (χ0v) is 13.6. The summed E-state index contributed by atoms with van der Waals surface area (Å²) in [5.74, 6) is 1.15. The van der Waals surface area contributed by atoms with Crippen LogP contribution in [0.5, 0.6) is 11.5 Å². The summed E-state index contributed by atoms with van der Waals surface area (Å²) in [5.41, 5.74) is -0.712. The van der Waals surface area contributed by atoms with Gasteiger partial charge in [0.05, 0.1) is 12.7 Å². The van der Waals surface area contributed by atoms with Gasteiger partial charge in [0, 0.05) is 0 Å². The van der Waals surface area contributed by atoms with Crippen molar-refractivity contribution < 1.29 is 14.3 Å².